The summed E-state index contributed by atoms with van der Waals surface area (Å²) in [4.78, 5) is 52.6. The third-order valence-corrected chi connectivity index (χ3v) is 7.14. The standard InChI is InChI=1S/C24H14ClN3O5S/c25-20-18-11-10-15(28(32)33)12-19(18)34-21(20)24(31)26(14-6-2-1-3-7-14)13-27-22(29)16-8-4-5-9-17(16)23(27)30/h1-12H,13H2. The highest BCUT2D eigenvalue weighted by Gasteiger charge is 2.38. The maximum Gasteiger partial charge on any atom is 0.271 e. The van der Waals surface area contributed by atoms with Crippen LogP contribution in [-0.2, 0) is 0 Å². The van der Waals surface area contributed by atoms with Crippen molar-refractivity contribution in [3.05, 3.63) is 104 Å². The monoisotopic (exact) mass is 491 g/mol. The van der Waals surface area contributed by atoms with Gasteiger partial charge in [0, 0.05) is 27.9 Å². The fourth-order valence-corrected chi connectivity index (χ4v) is 5.30. The first kappa shape index (κ1) is 21.7. The molecule has 0 aliphatic carbocycles. The maximum atomic E-state index is 13.7. The summed E-state index contributed by atoms with van der Waals surface area (Å²) in [5.74, 6) is -1.52. The van der Waals surface area contributed by atoms with Crippen LogP contribution in [0.4, 0.5) is 11.4 Å². The normalized spacial score (nSPS) is 12.8. The molecule has 0 fully saturated rings. The Kier molecular flexibility index (Phi) is 5.35. The number of amides is 3. The Bertz CT molecular complexity index is 1470. The van der Waals surface area contributed by atoms with Crippen molar-refractivity contribution in [2.24, 2.45) is 0 Å². The number of imide groups is 1. The van der Waals surface area contributed by atoms with E-state index in [2.05, 4.69) is 0 Å². The molecule has 3 aromatic carbocycles. The molecule has 10 heteroatoms. The largest absolute Gasteiger partial charge is 0.289 e. The predicted molar refractivity (Wildman–Crippen MR) is 129 cm³/mol. The maximum absolute atomic E-state index is 13.7. The Hall–Kier alpha value is -4.08. The second-order valence-corrected chi connectivity index (χ2v) is 8.91. The molecule has 0 spiro atoms. The van der Waals surface area contributed by atoms with Crippen molar-refractivity contribution in [1.29, 1.82) is 0 Å². The Morgan fingerprint density at radius 1 is 0.971 bits per heavy atom. The van der Waals surface area contributed by atoms with Gasteiger partial charge < -0.3 is 0 Å². The van der Waals surface area contributed by atoms with Gasteiger partial charge in [-0.25, -0.2) is 0 Å². The summed E-state index contributed by atoms with van der Waals surface area (Å²) in [6.45, 7) is -0.320. The van der Waals surface area contributed by atoms with E-state index in [9.17, 15) is 24.5 Å². The van der Waals surface area contributed by atoms with E-state index in [1.165, 1.54) is 23.1 Å². The number of fused-ring (bicyclic) bond motifs is 2. The molecule has 2 heterocycles. The number of carbonyl (C=O) groups is 3. The minimum atomic E-state index is -0.531. The van der Waals surface area contributed by atoms with Gasteiger partial charge in [-0.05, 0) is 30.3 Å². The fourth-order valence-electron chi connectivity index (χ4n) is 3.81. The smallest absolute Gasteiger partial charge is 0.271 e. The summed E-state index contributed by atoms with van der Waals surface area (Å²) in [6, 6.07) is 19.3. The number of nitro groups is 1. The molecule has 0 bridgehead atoms. The molecule has 0 N–H and O–H groups in total. The minimum absolute atomic E-state index is 0.115. The van der Waals surface area contributed by atoms with Gasteiger partial charge in [0.05, 0.1) is 21.1 Å². The highest BCUT2D eigenvalue weighted by Crippen LogP contribution is 2.38. The number of para-hydroxylation sites is 1. The molecule has 1 aromatic heterocycles. The van der Waals surface area contributed by atoms with E-state index in [-0.39, 0.29) is 33.4 Å². The van der Waals surface area contributed by atoms with Gasteiger partial charge in [0.2, 0.25) is 0 Å². The van der Waals surface area contributed by atoms with Gasteiger partial charge in [-0.2, -0.15) is 0 Å². The van der Waals surface area contributed by atoms with Crippen LogP contribution in [0.2, 0.25) is 5.02 Å². The molecule has 0 radical (unpaired) electrons. The molecule has 4 aromatic rings. The summed E-state index contributed by atoms with van der Waals surface area (Å²) in [6.07, 6.45) is 0. The summed E-state index contributed by atoms with van der Waals surface area (Å²) < 4.78 is 0.483. The van der Waals surface area contributed by atoms with Crippen molar-refractivity contribution in [3.63, 3.8) is 0 Å². The van der Waals surface area contributed by atoms with E-state index in [4.69, 9.17) is 11.6 Å². The molecule has 34 heavy (non-hydrogen) atoms. The van der Waals surface area contributed by atoms with Gasteiger partial charge in [0.1, 0.15) is 11.5 Å². The van der Waals surface area contributed by atoms with Crippen LogP contribution in [0, 0.1) is 10.1 Å². The molecule has 0 atom stereocenters. The quantitative estimate of drug-likeness (QED) is 0.212. The number of benzene rings is 3. The fraction of sp³-hybridized carbons (Fsp3) is 0.0417. The number of rotatable bonds is 5. The van der Waals surface area contributed by atoms with Gasteiger partial charge in [0.25, 0.3) is 23.4 Å². The molecule has 0 saturated carbocycles. The molecule has 168 valence electrons. The zero-order valence-corrected chi connectivity index (χ0v) is 18.9. The van der Waals surface area contributed by atoms with E-state index in [0.29, 0.717) is 15.8 Å². The van der Waals surface area contributed by atoms with E-state index < -0.39 is 22.6 Å². The highest BCUT2D eigenvalue weighted by molar-refractivity contribution is 7.21. The number of hydrogen-bond acceptors (Lipinski definition) is 6. The lowest BCUT2D eigenvalue weighted by atomic mass is 10.1. The molecule has 1 aliphatic heterocycles. The number of hydrogen-bond donors (Lipinski definition) is 0. The van der Waals surface area contributed by atoms with Crippen LogP contribution in [0.5, 0.6) is 0 Å². The van der Waals surface area contributed by atoms with Crippen LogP contribution in [0.3, 0.4) is 0 Å². The van der Waals surface area contributed by atoms with Crippen molar-refractivity contribution >= 4 is 62.1 Å². The molecule has 3 amide bonds. The minimum Gasteiger partial charge on any atom is -0.289 e. The van der Waals surface area contributed by atoms with Gasteiger partial charge in [-0.3, -0.25) is 34.3 Å². The summed E-state index contributed by atoms with van der Waals surface area (Å²) in [7, 11) is 0. The lowest BCUT2D eigenvalue weighted by Gasteiger charge is -2.26. The van der Waals surface area contributed by atoms with Crippen LogP contribution < -0.4 is 4.90 Å². The lowest BCUT2D eigenvalue weighted by Crippen LogP contribution is -2.44. The first-order chi connectivity index (χ1) is 16.4. The number of non-ortho nitro benzene ring substituents is 1. The number of carbonyl (C=O) groups excluding carboxylic acids is 3. The van der Waals surface area contributed by atoms with Crippen LogP contribution in [0.15, 0.2) is 72.8 Å². The van der Waals surface area contributed by atoms with Crippen molar-refractivity contribution in [1.82, 2.24) is 4.90 Å². The Labute approximate surface area is 201 Å². The van der Waals surface area contributed by atoms with E-state index in [1.807, 2.05) is 0 Å². The Morgan fingerprint density at radius 3 is 2.21 bits per heavy atom. The molecular weight excluding hydrogens is 478 g/mol. The van der Waals surface area contributed by atoms with Gasteiger partial charge in [-0.15, -0.1) is 11.3 Å². The van der Waals surface area contributed by atoms with Crippen LogP contribution >= 0.6 is 22.9 Å². The SMILES string of the molecule is O=C1c2ccccc2C(=O)N1CN(C(=O)c1sc2cc([N+](=O)[O-])ccc2c1Cl)c1ccccc1. The number of nitro benzene ring substituents is 1. The molecule has 1 aliphatic rings. The topological polar surface area (TPSA) is 101 Å². The van der Waals surface area contributed by atoms with Gasteiger partial charge in [0.15, 0.2) is 0 Å². The lowest BCUT2D eigenvalue weighted by molar-refractivity contribution is -0.384. The highest BCUT2D eigenvalue weighted by atomic mass is 35.5. The summed E-state index contributed by atoms with van der Waals surface area (Å²) >= 11 is 7.53. The molecule has 0 unspecified atom stereocenters. The van der Waals surface area contributed by atoms with Crippen molar-refractivity contribution in [2.45, 2.75) is 0 Å². The summed E-state index contributed by atoms with van der Waals surface area (Å²) in [5, 5.41) is 11.8. The molecular formula is C24H14ClN3O5S. The molecule has 8 nitrogen and oxygen atoms in total. The van der Waals surface area contributed by atoms with Crippen molar-refractivity contribution < 1.29 is 19.3 Å². The number of halogens is 1. The van der Waals surface area contributed by atoms with Gasteiger partial charge >= 0.3 is 0 Å². The number of anilines is 1. The number of thiophene rings is 1. The average Bonchev–Trinajstić information content (AvgIpc) is 3.31. The second kappa shape index (κ2) is 8.36. The third kappa shape index (κ3) is 3.51. The first-order valence-corrected chi connectivity index (χ1v) is 11.2. The van der Waals surface area contributed by atoms with Gasteiger partial charge in [-0.1, -0.05) is 41.9 Å². The second-order valence-electron chi connectivity index (χ2n) is 7.48. The summed E-state index contributed by atoms with van der Waals surface area (Å²) in [5.41, 5.74) is 0.902. The Balaban J connectivity index is 1.56. The van der Waals surface area contributed by atoms with Crippen LogP contribution in [0.25, 0.3) is 10.1 Å². The predicted octanol–water partition coefficient (Wildman–Crippen LogP) is 5.36. The zero-order valence-electron chi connectivity index (χ0n) is 17.3. The average molecular weight is 492 g/mol. The number of nitrogens with zero attached hydrogens (tertiary/aromatic N) is 3. The van der Waals surface area contributed by atoms with Crippen molar-refractivity contribution in [3.8, 4) is 0 Å². The molecule has 5 rings (SSSR count). The van der Waals surface area contributed by atoms with E-state index in [0.717, 1.165) is 16.2 Å². The van der Waals surface area contributed by atoms with Crippen LogP contribution in [0.1, 0.15) is 30.4 Å². The van der Waals surface area contributed by atoms with Crippen molar-refractivity contribution in [2.75, 3.05) is 11.6 Å². The van der Waals surface area contributed by atoms with E-state index in [1.54, 1.807) is 54.6 Å². The van der Waals surface area contributed by atoms with E-state index >= 15 is 0 Å². The first-order valence-electron chi connectivity index (χ1n) is 10.1. The zero-order chi connectivity index (χ0) is 24.0. The van der Waals surface area contributed by atoms with Crippen LogP contribution in [-0.4, -0.2) is 34.2 Å². The Morgan fingerprint density at radius 2 is 1.59 bits per heavy atom. The molecule has 0 saturated heterocycles. The third-order valence-electron chi connectivity index (χ3n) is 5.49.